The Morgan fingerprint density at radius 3 is 2.50 bits per heavy atom. The summed E-state index contributed by atoms with van der Waals surface area (Å²) in [5.41, 5.74) is 3.99. The predicted molar refractivity (Wildman–Crippen MR) is 71.3 cm³/mol. The van der Waals surface area contributed by atoms with Crippen molar-refractivity contribution in [2.75, 3.05) is 0 Å². The number of aromatic nitrogens is 1. The van der Waals surface area contributed by atoms with Crippen LogP contribution in [0.25, 0.3) is 11.8 Å². The molecule has 92 valence electrons. The highest BCUT2D eigenvalue weighted by atomic mass is 16.6. The van der Waals surface area contributed by atoms with Crippen molar-refractivity contribution in [2.24, 2.45) is 0 Å². The van der Waals surface area contributed by atoms with Crippen molar-refractivity contribution in [3.05, 3.63) is 69.7 Å². The lowest BCUT2D eigenvalue weighted by atomic mass is 10.2. The Morgan fingerprint density at radius 1 is 1.22 bits per heavy atom. The maximum atomic E-state index is 10.4. The number of nitrogens with zero attached hydrogens (tertiary/aromatic N) is 2. The number of aryl methyl sites for hydroxylation is 1. The molecule has 0 radical (unpaired) electrons. The number of para-hydroxylation sites is 1. The molecule has 0 bridgehead atoms. The van der Waals surface area contributed by atoms with Gasteiger partial charge in [0.05, 0.1) is 4.92 Å². The summed E-state index contributed by atoms with van der Waals surface area (Å²) in [6.07, 6.45) is 2.50. The van der Waals surface area contributed by atoms with Crippen LogP contribution >= 0.6 is 0 Å². The van der Waals surface area contributed by atoms with E-state index in [1.165, 1.54) is 6.08 Å². The molecule has 4 heteroatoms. The zero-order valence-electron chi connectivity index (χ0n) is 10.3. The molecule has 18 heavy (non-hydrogen) atoms. The summed E-state index contributed by atoms with van der Waals surface area (Å²) >= 11 is 0. The van der Waals surface area contributed by atoms with Gasteiger partial charge in [-0.3, -0.25) is 10.1 Å². The van der Waals surface area contributed by atoms with Crippen molar-refractivity contribution < 1.29 is 4.92 Å². The zero-order valence-corrected chi connectivity index (χ0v) is 10.3. The summed E-state index contributed by atoms with van der Waals surface area (Å²) in [6, 6.07) is 11.9. The standard InChI is InChI=1S/C14H14N2O2/c1-11-10-13(8-9-15(17)18)12(2)16(11)14-6-4-3-5-7-14/h3-10H,1-2H3/b9-8+. The van der Waals surface area contributed by atoms with Crippen LogP contribution in [0, 0.1) is 24.0 Å². The van der Waals surface area contributed by atoms with Gasteiger partial charge in [-0.15, -0.1) is 0 Å². The predicted octanol–water partition coefficient (Wildman–Crippen LogP) is 3.34. The van der Waals surface area contributed by atoms with Crippen molar-refractivity contribution in [3.63, 3.8) is 0 Å². The second-order valence-electron chi connectivity index (χ2n) is 4.10. The van der Waals surface area contributed by atoms with E-state index in [1.807, 2.05) is 50.2 Å². The molecule has 1 aromatic carbocycles. The normalized spacial score (nSPS) is 11.0. The molecule has 2 aromatic rings. The Bertz CT molecular complexity index is 598. The molecule has 0 aliphatic carbocycles. The summed E-state index contributed by atoms with van der Waals surface area (Å²) < 4.78 is 2.08. The van der Waals surface area contributed by atoms with Crippen LogP contribution in [-0.2, 0) is 0 Å². The minimum Gasteiger partial charge on any atom is -0.318 e. The highest BCUT2D eigenvalue weighted by Gasteiger charge is 2.08. The van der Waals surface area contributed by atoms with E-state index in [9.17, 15) is 10.1 Å². The van der Waals surface area contributed by atoms with Crippen LogP contribution in [0.3, 0.4) is 0 Å². The summed E-state index contributed by atoms with van der Waals surface area (Å²) in [5.74, 6) is 0. The van der Waals surface area contributed by atoms with E-state index in [0.717, 1.165) is 28.8 Å². The Hall–Kier alpha value is -2.36. The lowest BCUT2D eigenvalue weighted by Crippen LogP contribution is -1.98. The summed E-state index contributed by atoms with van der Waals surface area (Å²) in [4.78, 5) is 9.91. The van der Waals surface area contributed by atoms with Crippen LogP contribution in [0.5, 0.6) is 0 Å². The topological polar surface area (TPSA) is 48.1 Å². The quantitative estimate of drug-likeness (QED) is 0.612. The maximum absolute atomic E-state index is 10.4. The van der Waals surface area contributed by atoms with Crippen LogP contribution in [0.4, 0.5) is 0 Å². The van der Waals surface area contributed by atoms with Crippen molar-refractivity contribution in [1.82, 2.24) is 4.57 Å². The molecule has 0 saturated carbocycles. The number of benzene rings is 1. The lowest BCUT2D eigenvalue weighted by Gasteiger charge is -2.08. The SMILES string of the molecule is Cc1cc(/C=C/[N+](=O)[O-])c(C)n1-c1ccccc1. The molecule has 0 N–H and O–H groups in total. The van der Waals surface area contributed by atoms with Crippen LogP contribution in [0.2, 0.25) is 0 Å². The second kappa shape index (κ2) is 4.87. The Kier molecular flexibility index (Phi) is 3.28. The number of rotatable bonds is 3. The van der Waals surface area contributed by atoms with Gasteiger partial charge in [0.1, 0.15) is 0 Å². The van der Waals surface area contributed by atoms with Gasteiger partial charge in [-0.1, -0.05) is 18.2 Å². The van der Waals surface area contributed by atoms with Crippen LogP contribution < -0.4 is 0 Å². The zero-order chi connectivity index (χ0) is 13.1. The van der Waals surface area contributed by atoms with E-state index in [2.05, 4.69) is 4.57 Å². The Labute approximate surface area is 105 Å². The van der Waals surface area contributed by atoms with Gasteiger partial charge >= 0.3 is 0 Å². The molecule has 0 amide bonds. The second-order valence-corrected chi connectivity index (χ2v) is 4.10. The summed E-state index contributed by atoms with van der Waals surface area (Å²) in [7, 11) is 0. The third kappa shape index (κ3) is 2.32. The fourth-order valence-corrected chi connectivity index (χ4v) is 2.07. The maximum Gasteiger partial charge on any atom is 0.235 e. The van der Waals surface area contributed by atoms with Gasteiger partial charge in [0, 0.05) is 28.7 Å². The van der Waals surface area contributed by atoms with E-state index in [0.29, 0.717) is 0 Å². The molecule has 0 spiro atoms. The van der Waals surface area contributed by atoms with E-state index in [-0.39, 0.29) is 0 Å². The van der Waals surface area contributed by atoms with Crippen molar-refractivity contribution in [3.8, 4) is 5.69 Å². The average molecular weight is 242 g/mol. The first-order chi connectivity index (χ1) is 8.59. The molecule has 1 aromatic heterocycles. The number of nitro groups is 1. The van der Waals surface area contributed by atoms with Crippen molar-refractivity contribution >= 4 is 6.08 Å². The first-order valence-corrected chi connectivity index (χ1v) is 5.65. The van der Waals surface area contributed by atoms with E-state index >= 15 is 0 Å². The molecule has 0 saturated heterocycles. The molecular weight excluding hydrogens is 228 g/mol. The first-order valence-electron chi connectivity index (χ1n) is 5.65. The molecule has 0 atom stereocenters. The van der Waals surface area contributed by atoms with Gasteiger partial charge in [-0.2, -0.15) is 0 Å². The van der Waals surface area contributed by atoms with Crippen LogP contribution in [0.1, 0.15) is 17.0 Å². The monoisotopic (exact) mass is 242 g/mol. The van der Waals surface area contributed by atoms with Gasteiger partial charge in [-0.25, -0.2) is 0 Å². The largest absolute Gasteiger partial charge is 0.318 e. The molecule has 0 aliphatic heterocycles. The number of hydrogen-bond acceptors (Lipinski definition) is 2. The van der Waals surface area contributed by atoms with Gasteiger partial charge in [0.25, 0.3) is 0 Å². The molecule has 0 unspecified atom stereocenters. The van der Waals surface area contributed by atoms with Gasteiger partial charge in [0.2, 0.25) is 6.20 Å². The fraction of sp³-hybridized carbons (Fsp3) is 0.143. The van der Waals surface area contributed by atoms with Crippen LogP contribution in [0.15, 0.2) is 42.6 Å². The summed E-state index contributed by atoms with van der Waals surface area (Å²) in [6.45, 7) is 3.95. The third-order valence-electron chi connectivity index (χ3n) is 2.86. The number of hydrogen-bond donors (Lipinski definition) is 0. The first kappa shape index (κ1) is 12.1. The molecular formula is C14H14N2O2. The molecule has 0 aliphatic rings. The van der Waals surface area contributed by atoms with Crippen molar-refractivity contribution in [1.29, 1.82) is 0 Å². The van der Waals surface area contributed by atoms with Gasteiger partial charge in [-0.05, 0) is 32.0 Å². The van der Waals surface area contributed by atoms with Gasteiger partial charge in [0.15, 0.2) is 0 Å². The van der Waals surface area contributed by atoms with Crippen LogP contribution in [-0.4, -0.2) is 9.49 Å². The Morgan fingerprint density at radius 2 is 1.89 bits per heavy atom. The minimum absolute atomic E-state index is 0.450. The third-order valence-corrected chi connectivity index (χ3v) is 2.86. The van der Waals surface area contributed by atoms with Gasteiger partial charge < -0.3 is 4.57 Å². The summed E-state index contributed by atoms with van der Waals surface area (Å²) in [5, 5.41) is 10.4. The van der Waals surface area contributed by atoms with Crippen molar-refractivity contribution in [2.45, 2.75) is 13.8 Å². The highest BCUT2D eigenvalue weighted by molar-refractivity contribution is 5.55. The minimum atomic E-state index is -0.450. The molecule has 4 nitrogen and oxygen atoms in total. The molecule has 1 heterocycles. The highest BCUT2D eigenvalue weighted by Crippen LogP contribution is 2.21. The van der Waals surface area contributed by atoms with E-state index in [1.54, 1.807) is 0 Å². The van der Waals surface area contributed by atoms with E-state index < -0.39 is 4.92 Å². The molecule has 0 fully saturated rings. The smallest absolute Gasteiger partial charge is 0.235 e. The fourth-order valence-electron chi connectivity index (χ4n) is 2.07. The Balaban J connectivity index is 2.48. The lowest BCUT2D eigenvalue weighted by molar-refractivity contribution is -0.400. The van der Waals surface area contributed by atoms with E-state index in [4.69, 9.17) is 0 Å². The average Bonchev–Trinajstić information content (AvgIpc) is 2.63. The molecule has 2 rings (SSSR count).